The molecule has 5 nitrogen and oxygen atoms in total. The number of amides is 1. The molecule has 1 aromatic heterocycles. The molecule has 0 atom stereocenters. The first-order valence-corrected chi connectivity index (χ1v) is 9.23. The average molecular weight is 391 g/mol. The number of para-hydroxylation sites is 1. The Balaban J connectivity index is 1.53. The molecule has 0 bridgehead atoms. The van der Waals surface area contributed by atoms with Crippen molar-refractivity contribution in [3.63, 3.8) is 0 Å². The first-order chi connectivity index (χ1) is 13.7. The maximum absolute atomic E-state index is 14.1. The van der Waals surface area contributed by atoms with Gasteiger partial charge in [-0.3, -0.25) is 10.1 Å². The summed E-state index contributed by atoms with van der Waals surface area (Å²) < 4.78 is 19.7. The second kappa shape index (κ2) is 7.98. The molecule has 28 heavy (non-hydrogen) atoms. The van der Waals surface area contributed by atoms with E-state index in [0.29, 0.717) is 27.0 Å². The van der Waals surface area contributed by atoms with Crippen molar-refractivity contribution in [3.8, 4) is 22.1 Å². The van der Waals surface area contributed by atoms with Crippen molar-refractivity contribution >= 4 is 22.4 Å². The first-order valence-electron chi connectivity index (χ1n) is 8.42. The number of halogens is 1. The molecule has 0 radical (unpaired) electrons. The summed E-state index contributed by atoms with van der Waals surface area (Å²) in [7, 11) is 0. The molecule has 1 N–H and O–H groups in total. The van der Waals surface area contributed by atoms with Crippen LogP contribution in [0.4, 0.5) is 9.52 Å². The standard InChI is InChI=1S/C21H14FN3O2S/c22-17-12-11-15(13-18(17)27-16-9-5-2-6-10-16)20-24-25-21(28-20)23-19(26)14-7-3-1-4-8-14/h1-13H,(H,23,25,26). The van der Waals surface area contributed by atoms with Gasteiger partial charge in [0.05, 0.1) is 0 Å². The van der Waals surface area contributed by atoms with Crippen LogP contribution >= 0.6 is 11.3 Å². The van der Waals surface area contributed by atoms with Gasteiger partial charge in [0.25, 0.3) is 5.91 Å². The van der Waals surface area contributed by atoms with Crippen molar-refractivity contribution < 1.29 is 13.9 Å². The quantitative estimate of drug-likeness (QED) is 0.495. The number of aromatic nitrogens is 2. The minimum absolute atomic E-state index is 0.0915. The summed E-state index contributed by atoms with van der Waals surface area (Å²) in [6.07, 6.45) is 0. The Morgan fingerprint density at radius 1 is 0.929 bits per heavy atom. The Bertz CT molecular complexity index is 1100. The van der Waals surface area contributed by atoms with Crippen LogP contribution < -0.4 is 10.1 Å². The second-order valence-electron chi connectivity index (χ2n) is 5.79. The van der Waals surface area contributed by atoms with Gasteiger partial charge in [0.15, 0.2) is 11.6 Å². The molecule has 0 saturated heterocycles. The highest BCUT2D eigenvalue weighted by Crippen LogP contribution is 2.32. The van der Waals surface area contributed by atoms with E-state index in [2.05, 4.69) is 15.5 Å². The van der Waals surface area contributed by atoms with E-state index in [1.54, 1.807) is 48.5 Å². The fraction of sp³-hybridized carbons (Fsp3) is 0. The smallest absolute Gasteiger partial charge is 0.257 e. The molecule has 0 spiro atoms. The fourth-order valence-electron chi connectivity index (χ4n) is 2.48. The van der Waals surface area contributed by atoms with Crippen LogP contribution in [0.1, 0.15) is 10.4 Å². The SMILES string of the molecule is O=C(Nc1nnc(-c2ccc(F)c(Oc3ccccc3)c2)s1)c1ccccc1. The number of carbonyl (C=O) groups is 1. The lowest BCUT2D eigenvalue weighted by Gasteiger charge is -2.07. The zero-order chi connectivity index (χ0) is 19.3. The van der Waals surface area contributed by atoms with E-state index >= 15 is 0 Å². The van der Waals surface area contributed by atoms with Crippen LogP contribution in [-0.4, -0.2) is 16.1 Å². The monoisotopic (exact) mass is 391 g/mol. The van der Waals surface area contributed by atoms with E-state index in [4.69, 9.17) is 4.74 Å². The van der Waals surface area contributed by atoms with Crippen molar-refractivity contribution in [1.29, 1.82) is 0 Å². The van der Waals surface area contributed by atoms with Crippen LogP contribution in [0.5, 0.6) is 11.5 Å². The minimum atomic E-state index is -0.477. The number of nitrogens with zero attached hydrogens (tertiary/aromatic N) is 2. The van der Waals surface area contributed by atoms with Crippen molar-refractivity contribution in [3.05, 3.63) is 90.2 Å². The van der Waals surface area contributed by atoms with Crippen LogP contribution in [-0.2, 0) is 0 Å². The maximum Gasteiger partial charge on any atom is 0.257 e. The molecular formula is C21H14FN3O2S. The third kappa shape index (κ3) is 4.05. The van der Waals surface area contributed by atoms with Crippen LogP contribution in [0.25, 0.3) is 10.6 Å². The zero-order valence-electron chi connectivity index (χ0n) is 14.5. The Labute approximate surface area is 164 Å². The minimum Gasteiger partial charge on any atom is -0.454 e. The van der Waals surface area contributed by atoms with Gasteiger partial charge in [-0.2, -0.15) is 0 Å². The van der Waals surface area contributed by atoms with Crippen LogP contribution in [0.2, 0.25) is 0 Å². The second-order valence-corrected chi connectivity index (χ2v) is 6.77. The highest BCUT2D eigenvalue weighted by molar-refractivity contribution is 7.18. The van der Waals surface area contributed by atoms with E-state index in [0.717, 1.165) is 0 Å². The Hall–Kier alpha value is -3.58. The summed E-state index contributed by atoms with van der Waals surface area (Å²) >= 11 is 1.20. The molecule has 0 unspecified atom stereocenters. The largest absolute Gasteiger partial charge is 0.454 e. The van der Waals surface area contributed by atoms with E-state index in [9.17, 15) is 9.18 Å². The fourth-order valence-corrected chi connectivity index (χ4v) is 3.21. The number of benzene rings is 3. The van der Waals surface area contributed by atoms with Gasteiger partial charge in [0.2, 0.25) is 5.13 Å². The molecule has 0 aliphatic heterocycles. The molecule has 4 rings (SSSR count). The van der Waals surface area contributed by atoms with Gasteiger partial charge in [0, 0.05) is 11.1 Å². The molecule has 0 aliphatic rings. The van der Waals surface area contributed by atoms with Crippen molar-refractivity contribution in [1.82, 2.24) is 10.2 Å². The number of hydrogen-bond donors (Lipinski definition) is 1. The lowest BCUT2D eigenvalue weighted by Crippen LogP contribution is -2.11. The van der Waals surface area contributed by atoms with E-state index in [1.165, 1.54) is 17.4 Å². The van der Waals surface area contributed by atoms with Crippen molar-refractivity contribution in [2.75, 3.05) is 5.32 Å². The molecule has 0 fully saturated rings. The van der Waals surface area contributed by atoms with Crippen LogP contribution in [0.15, 0.2) is 78.9 Å². The molecule has 138 valence electrons. The van der Waals surface area contributed by atoms with Gasteiger partial charge in [-0.15, -0.1) is 10.2 Å². The third-order valence-corrected chi connectivity index (χ3v) is 4.72. The van der Waals surface area contributed by atoms with Gasteiger partial charge in [-0.25, -0.2) is 4.39 Å². The van der Waals surface area contributed by atoms with E-state index < -0.39 is 5.82 Å². The lowest BCUT2D eigenvalue weighted by atomic mass is 10.2. The normalized spacial score (nSPS) is 10.5. The summed E-state index contributed by atoms with van der Waals surface area (Å²) in [5.74, 6) is -0.120. The summed E-state index contributed by atoms with van der Waals surface area (Å²) in [4.78, 5) is 12.2. The Morgan fingerprint density at radius 3 is 2.39 bits per heavy atom. The molecule has 0 aliphatic carbocycles. The van der Waals surface area contributed by atoms with Crippen molar-refractivity contribution in [2.45, 2.75) is 0 Å². The molecule has 7 heteroatoms. The predicted octanol–water partition coefficient (Wildman–Crippen LogP) is 5.39. The topological polar surface area (TPSA) is 64.1 Å². The van der Waals surface area contributed by atoms with E-state index in [-0.39, 0.29) is 11.7 Å². The molecule has 3 aromatic carbocycles. The molecule has 1 amide bonds. The predicted molar refractivity (Wildman–Crippen MR) is 106 cm³/mol. The number of nitrogens with one attached hydrogen (secondary N) is 1. The van der Waals surface area contributed by atoms with Gasteiger partial charge in [-0.1, -0.05) is 47.7 Å². The molecule has 0 saturated carbocycles. The molecule has 1 heterocycles. The van der Waals surface area contributed by atoms with Gasteiger partial charge >= 0.3 is 0 Å². The number of ether oxygens (including phenoxy) is 1. The Kier molecular flexibility index (Phi) is 5.07. The first kappa shape index (κ1) is 17.8. The zero-order valence-corrected chi connectivity index (χ0v) is 15.3. The lowest BCUT2D eigenvalue weighted by molar-refractivity contribution is 0.102. The average Bonchev–Trinajstić information content (AvgIpc) is 3.19. The number of carbonyl (C=O) groups excluding carboxylic acids is 1. The number of hydrogen-bond acceptors (Lipinski definition) is 5. The molecular weight excluding hydrogens is 377 g/mol. The van der Waals surface area contributed by atoms with Gasteiger partial charge in [-0.05, 0) is 42.5 Å². The van der Waals surface area contributed by atoms with Crippen molar-refractivity contribution in [2.24, 2.45) is 0 Å². The summed E-state index contributed by atoms with van der Waals surface area (Å²) in [5.41, 5.74) is 1.17. The highest BCUT2D eigenvalue weighted by Gasteiger charge is 2.13. The molecule has 4 aromatic rings. The maximum atomic E-state index is 14.1. The van der Waals surface area contributed by atoms with Gasteiger partial charge in [0.1, 0.15) is 10.8 Å². The summed E-state index contributed by atoms with van der Waals surface area (Å²) in [6.45, 7) is 0. The third-order valence-electron chi connectivity index (χ3n) is 3.83. The van der Waals surface area contributed by atoms with E-state index in [1.807, 2.05) is 24.3 Å². The summed E-state index contributed by atoms with van der Waals surface area (Å²) in [6, 6.07) is 22.3. The number of anilines is 1. The van der Waals surface area contributed by atoms with Gasteiger partial charge < -0.3 is 4.74 Å². The Morgan fingerprint density at radius 2 is 1.64 bits per heavy atom. The highest BCUT2D eigenvalue weighted by atomic mass is 32.1. The summed E-state index contributed by atoms with van der Waals surface area (Å²) in [5, 5.41) is 11.7. The van der Waals surface area contributed by atoms with Crippen LogP contribution in [0, 0.1) is 5.82 Å². The van der Waals surface area contributed by atoms with Crippen LogP contribution in [0.3, 0.4) is 0 Å². The number of rotatable bonds is 5.